The van der Waals surface area contributed by atoms with Crippen LogP contribution in [0.2, 0.25) is 0 Å². The molecule has 84 valence electrons. The summed E-state index contributed by atoms with van der Waals surface area (Å²) in [4.78, 5) is 0. The zero-order valence-corrected chi connectivity index (χ0v) is 9.88. The van der Waals surface area contributed by atoms with Crippen LogP contribution in [-0.4, -0.2) is 25.8 Å². The van der Waals surface area contributed by atoms with Crippen molar-refractivity contribution in [1.82, 2.24) is 5.32 Å². The Labute approximate surface area is 88.4 Å². The Bertz CT molecular complexity index is 143. The van der Waals surface area contributed by atoms with Crippen LogP contribution in [-0.2, 0) is 4.74 Å². The molecule has 2 nitrogen and oxygen atoms in total. The smallest absolute Gasteiger partial charge is 0.0591 e. The van der Waals surface area contributed by atoms with E-state index >= 15 is 0 Å². The number of nitrogens with one attached hydrogen (secondary N) is 1. The third-order valence-electron chi connectivity index (χ3n) is 2.61. The van der Waals surface area contributed by atoms with Gasteiger partial charge in [0.25, 0.3) is 0 Å². The Morgan fingerprint density at radius 2 is 2.00 bits per heavy atom. The van der Waals surface area contributed by atoms with Crippen LogP contribution in [0, 0.1) is 11.8 Å². The number of hydrogen-bond donors (Lipinski definition) is 1. The summed E-state index contributed by atoms with van der Waals surface area (Å²) in [6.45, 7) is 9.64. The SMILES string of the molecule is CC(C)CC(C)NCCOCC1CC1. The molecule has 1 fully saturated rings. The lowest BCUT2D eigenvalue weighted by Gasteiger charge is -2.15. The molecule has 0 radical (unpaired) electrons. The molecule has 14 heavy (non-hydrogen) atoms. The Hall–Kier alpha value is -0.0800. The summed E-state index contributed by atoms with van der Waals surface area (Å²) < 4.78 is 5.55. The van der Waals surface area contributed by atoms with Crippen LogP contribution in [0.3, 0.4) is 0 Å². The first-order chi connectivity index (χ1) is 6.68. The second-order valence-electron chi connectivity index (χ2n) is 5.00. The van der Waals surface area contributed by atoms with Gasteiger partial charge >= 0.3 is 0 Å². The molecular weight excluding hydrogens is 174 g/mol. The van der Waals surface area contributed by atoms with Crippen LogP contribution in [0.4, 0.5) is 0 Å². The summed E-state index contributed by atoms with van der Waals surface area (Å²) in [6.07, 6.45) is 4.02. The van der Waals surface area contributed by atoms with E-state index in [1.54, 1.807) is 0 Å². The van der Waals surface area contributed by atoms with Crippen molar-refractivity contribution >= 4 is 0 Å². The van der Waals surface area contributed by atoms with Gasteiger partial charge in [0.2, 0.25) is 0 Å². The van der Waals surface area contributed by atoms with Gasteiger partial charge in [-0.3, -0.25) is 0 Å². The molecule has 0 saturated heterocycles. The molecule has 1 saturated carbocycles. The van der Waals surface area contributed by atoms with Gasteiger partial charge in [0.15, 0.2) is 0 Å². The van der Waals surface area contributed by atoms with Gasteiger partial charge in [0.1, 0.15) is 0 Å². The fourth-order valence-corrected chi connectivity index (χ4v) is 1.70. The van der Waals surface area contributed by atoms with E-state index in [2.05, 4.69) is 26.1 Å². The summed E-state index contributed by atoms with van der Waals surface area (Å²) >= 11 is 0. The molecule has 0 spiro atoms. The minimum Gasteiger partial charge on any atom is -0.380 e. The topological polar surface area (TPSA) is 21.3 Å². The molecule has 1 aliphatic carbocycles. The highest BCUT2D eigenvalue weighted by atomic mass is 16.5. The maximum atomic E-state index is 5.55. The van der Waals surface area contributed by atoms with Crippen LogP contribution in [0.25, 0.3) is 0 Å². The highest BCUT2D eigenvalue weighted by Crippen LogP contribution is 2.28. The van der Waals surface area contributed by atoms with Gasteiger partial charge < -0.3 is 10.1 Å². The quantitative estimate of drug-likeness (QED) is 0.606. The number of rotatable bonds is 8. The largest absolute Gasteiger partial charge is 0.380 e. The first-order valence-electron chi connectivity index (χ1n) is 5.99. The van der Waals surface area contributed by atoms with Crippen LogP contribution < -0.4 is 5.32 Å². The minimum atomic E-state index is 0.625. The minimum absolute atomic E-state index is 0.625. The van der Waals surface area contributed by atoms with Gasteiger partial charge in [-0.25, -0.2) is 0 Å². The van der Waals surface area contributed by atoms with Crippen LogP contribution in [0.1, 0.15) is 40.0 Å². The average Bonchev–Trinajstić information content (AvgIpc) is 2.86. The monoisotopic (exact) mass is 199 g/mol. The van der Waals surface area contributed by atoms with E-state index in [4.69, 9.17) is 4.74 Å². The lowest BCUT2D eigenvalue weighted by atomic mass is 10.1. The molecule has 0 amide bonds. The normalized spacial score (nSPS) is 18.9. The first kappa shape index (κ1) is 12.0. The highest BCUT2D eigenvalue weighted by molar-refractivity contribution is 4.72. The Morgan fingerprint density at radius 3 is 2.57 bits per heavy atom. The first-order valence-corrected chi connectivity index (χ1v) is 5.99. The van der Waals surface area contributed by atoms with Crippen LogP contribution in [0.15, 0.2) is 0 Å². The molecule has 0 aliphatic heterocycles. The third kappa shape index (κ3) is 6.39. The van der Waals surface area contributed by atoms with E-state index in [9.17, 15) is 0 Å². The third-order valence-corrected chi connectivity index (χ3v) is 2.61. The van der Waals surface area contributed by atoms with Crippen LogP contribution >= 0.6 is 0 Å². The van der Waals surface area contributed by atoms with Gasteiger partial charge in [-0.05, 0) is 38.0 Å². The summed E-state index contributed by atoms with van der Waals surface area (Å²) in [7, 11) is 0. The molecule has 0 aromatic rings. The molecule has 1 aliphatic rings. The van der Waals surface area contributed by atoms with E-state index in [0.29, 0.717) is 6.04 Å². The van der Waals surface area contributed by atoms with Gasteiger partial charge in [0, 0.05) is 19.2 Å². The van der Waals surface area contributed by atoms with E-state index in [1.807, 2.05) is 0 Å². The van der Waals surface area contributed by atoms with E-state index in [0.717, 1.165) is 31.6 Å². The fourth-order valence-electron chi connectivity index (χ4n) is 1.70. The molecule has 0 aromatic carbocycles. The van der Waals surface area contributed by atoms with Gasteiger partial charge in [0.05, 0.1) is 6.61 Å². The van der Waals surface area contributed by atoms with E-state index in [-0.39, 0.29) is 0 Å². The van der Waals surface area contributed by atoms with Crippen LogP contribution in [0.5, 0.6) is 0 Å². The number of ether oxygens (including phenoxy) is 1. The van der Waals surface area contributed by atoms with Crippen molar-refractivity contribution in [2.45, 2.75) is 46.1 Å². The van der Waals surface area contributed by atoms with Crippen molar-refractivity contribution in [3.63, 3.8) is 0 Å². The Kier molecular flexibility index (Phi) is 5.49. The molecular formula is C12H25NO. The predicted octanol–water partition coefficient (Wildman–Crippen LogP) is 2.44. The molecule has 1 unspecified atom stereocenters. The summed E-state index contributed by atoms with van der Waals surface area (Å²) in [5.74, 6) is 1.67. The molecule has 2 heteroatoms. The maximum Gasteiger partial charge on any atom is 0.0591 e. The van der Waals surface area contributed by atoms with Gasteiger partial charge in [-0.15, -0.1) is 0 Å². The standard InChI is InChI=1S/C12H25NO/c1-10(2)8-11(3)13-6-7-14-9-12-4-5-12/h10-13H,4-9H2,1-3H3. The second kappa shape index (κ2) is 6.41. The lowest BCUT2D eigenvalue weighted by molar-refractivity contribution is 0.124. The molecule has 0 aromatic heterocycles. The zero-order valence-electron chi connectivity index (χ0n) is 9.88. The average molecular weight is 199 g/mol. The van der Waals surface area contributed by atoms with Gasteiger partial charge in [-0.1, -0.05) is 13.8 Å². The fraction of sp³-hybridized carbons (Fsp3) is 1.00. The highest BCUT2D eigenvalue weighted by Gasteiger charge is 2.20. The van der Waals surface area contributed by atoms with Crippen molar-refractivity contribution in [2.75, 3.05) is 19.8 Å². The van der Waals surface area contributed by atoms with E-state index < -0.39 is 0 Å². The maximum absolute atomic E-state index is 5.55. The Morgan fingerprint density at radius 1 is 1.29 bits per heavy atom. The van der Waals surface area contributed by atoms with Crippen molar-refractivity contribution in [1.29, 1.82) is 0 Å². The zero-order chi connectivity index (χ0) is 10.4. The molecule has 1 atom stereocenters. The molecule has 1 N–H and O–H groups in total. The van der Waals surface area contributed by atoms with Crippen molar-refractivity contribution in [3.05, 3.63) is 0 Å². The van der Waals surface area contributed by atoms with E-state index in [1.165, 1.54) is 19.3 Å². The summed E-state index contributed by atoms with van der Waals surface area (Å²) in [5, 5.41) is 3.48. The van der Waals surface area contributed by atoms with Crippen molar-refractivity contribution in [2.24, 2.45) is 11.8 Å². The predicted molar refractivity (Wildman–Crippen MR) is 60.5 cm³/mol. The van der Waals surface area contributed by atoms with Gasteiger partial charge in [-0.2, -0.15) is 0 Å². The molecule has 0 bridgehead atoms. The number of hydrogen-bond acceptors (Lipinski definition) is 2. The molecule has 1 rings (SSSR count). The lowest BCUT2D eigenvalue weighted by Crippen LogP contribution is -2.30. The molecule has 0 heterocycles. The van der Waals surface area contributed by atoms with Crippen molar-refractivity contribution < 1.29 is 4.74 Å². The summed E-state index contributed by atoms with van der Waals surface area (Å²) in [5.41, 5.74) is 0. The Balaban J connectivity index is 1.81. The second-order valence-corrected chi connectivity index (χ2v) is 5.00. The summed E-state index contributed by atoms with van der Waals surface area (Å²) in [6, 6.07) is 0.625. The van der Waals surface area contributed by atoms with Crippen molar-refractivity contribution in [3.8, 4) is 0 Å².